The first-order valence-electron chi connectivity index (χ1n) is 12.9. The fourth-order valence-electron chi connectivity index (χ4n) is 8.88. The highest BCUT2D eigenvalue weighted by Gasteiger charge is 2.62. The smallest absolute Gasteiger partial charge is 0.204 e. The molecule has 4 aliphatic rings. The van der Waals surface area contributed by atoms with Crippen molar-refractivity contribution in [2.45, 2.75) is 111 Å². The fourth-order valence-corrected chi connectivity index (χ4v) is 8.88. The maximum absolute atomic E-state index is 14.8. The van der Waals surface area contributed by atoms with Crippen molar-refractivity contribution in [2.24, 2.45) is 51.5 Å². The van der Waals surface area contributed by atoms with Crippen LogP contribution in [-0.2, 0) is 0 Å². The minimum atomic E-state index is -3.01. The quantitative estimate of drug-likeness (QED) is 0.304. The van der Waals surface area contributed by atoms with Crippen LogP contribution in [0.2, 0.25) is 0 Å². The summed E-state index contributed by atoms with van der Waals surface area (Å²) in [5.74, 6) is 0.890. The summed E-state index contributed by atoms with van der Waals surface area (Å²) >= 11 is 0. The Morgan fingerprint density at radius 1 is 1.06 bits per heavy atom. The molecular formula is C27H43F2NO. The Labute approximate surface area is 188 Å². The maximum Gasteiger partial charge on any atom is 0.277 e. The Kier molecular flexibility index (Phi) is 6.18. The molecule has 0 aromatic rings. The van der Waals surface area contributed by atoms with Gasteiger partial charge in [0, 0.05) is 6.42 Å². The second kappa shape index (κ2) is 8.20. The van der Waals surface area contributed by atoms with Crippen molar-refractivity contribution >= 4 is 0 Å². The Morgan fingerprint density at radius 2 is 1.81 bits per heavy atom. The van der Waals surface area contributed by atoms with E-state index in [0.717, 1.165) is 42.6 Å². The van der Waals surface area contributed by atoms with Crippen LogP contribution in [0.4, 0.5) is 8.78 Å². The normalized spacial score (nSPS) is 44.8. The van der Waals surface area contributed by atoms with Crippen molar-refractivity contribution in [3.05, 3.63) is 16.6 Å². The summed E-state index contributed by atoms with van der Waals surface area (Å²) in [6.45, 7) is 11.7. The van der Waals surface area contributed by atoms with Gasteiger partial charge in [-0.25, -0.2) is 8.78 Å². The molecule has 0 saturated heterocycles. The van der Waals surface area contributed by atoms with E-state index in [-0.39, 0.29) is 6.42 Å². The molecule has 3 fully saturated rings. The summed E-state index contributed by atoms with van der Waals surface area (Å²) in [7, 11) is 0. The zero-order chi connectivity index (χ0) is 22.6. The Morgan fingerprint density at radius 3 is 2.48 bits per heavy atom. The highest BCUT2D eigenvalue weighted by atomic mass is 19.3. The third kappa shape index (κ3) is 3.82. The minimum Gasteiger partial charge on any atom is -0.204 e. The first-order chi connectivity index (χ1) is 14.5. The fraction of sp³-hybridized carbons (Fsp3) is 0.926. The molecule has 176 valence electrons. The Balaban J connectivity index is 1.53. The molecule has 0 aliphatic heterocycles. The predicted octanol–water partition coefficient (Wildman–Crippen LogP) is 8.41. The van der Waals surface area contributed by atoms with Crippen molar-refractivity contribution < 1.29 is 8.78 Å². The van der Waals surface area contributed by atoms with Gasteiger partial charge in [0.2, 0.25) is 0 Å². The van der Waals surface area contributed by atoms with Crippen molar-refractivity contribution in [1.82, 2.24) is 0 Å². The highest BCUT2D eigenvalue weighted by Crippen LogP contribution is 2.68. The second-order valence-corrected chi connectivity index (χ2v) is 12.5. The number of nitroso groups, excluding NO2 is 1. The van der Waals surface area contributed by atoms with Crippen LogP contribution in [0.1, 0.15) is 98.8 Å². The van der Waals surface area contributed by atoms with Gasteiger partial charge in [-0.15, -0.1) is 4.91 Å². The zero-order valence-corrected chi connectivity index (χ0v) is 20.3. The highest BCUT2D eigenvalue weighted by molar-refractivity contribution is 5.29. The van der Waals surface area contributed by atoms with E-state index >= 15 is 0 Å². The summed E-state index contributed by atoms with van der Waals surface area (Å²) < 4.78 is 29.6. The van der Waals surface area contributed by atoms with Gasteiger partial charge in [-0.2, -0.15) is 0 Å². The van der Waals surface area contributed by atoms with Crippen molar-refractivity contribution in [1.29, 1.82) is 0 Å². The predicted molar refractivity (Wildman–Crippen MR) is 123 cm³/mol. The molecule has 2 nitrogen and oxygen atoms in total. The summed E-state index contributed by atoms with van der Waals surface area (Å²) in [5, 5.41) is 2.78. The molecule has 0 bridgehead atoms. The van der Waals surface area contributed by atoms with Crippen LogP contribution in [0.15, 0.2) is 16.8 Å². The second-order valence-electron chi connectivity index (χ2n) is 12.5. The first-order valence-corrected chi connectivity index (χ1v) is 12.9. The average molecular weight is 436 g/mol. The van der Waals surface area contributed by atoms with E-state index in [9.17, 15) is 13.7 Å². The molecule has 0 heterocycles. The Hall–Kier alpha value is -0.800. The van der Waals surface area contributed by atoms with Gasteiger partial charge < -0.3 is 0 Å². The first kappa shape index (κ1) is 23.4. The lowest BCUT2D eigenvalue weighted by Gasteiger charge is -2.59. The molecule has 4 aliphatic carbocycles. The minimum absolute atomic E-state index is 0.193. The molecule has 3 saturated carbocycles. The standard InChI is InChI=1S/C27H43F2NO/c1-17(2)7-6-8-18(3)21-11-12-22-20-10-9-19-15-24(30-31)27(28,29)16-26(19,5)23(20)13-14-25(21,22)4/h15,17-18,20-24H,6-14,16H2,1-5H3/t18-,20+,21-,22+,23+,24?,25-,26+/m1/s1. The van der Waals surface area contributed by atoms with Crippen LogP contribution in [0.25, 0.3) is 0 Å². The molecule has 0 aromatic heterocycles. The van der Waals surface area contributed by atoms with Crippen LogP contribution in [-0.4, -0.2) is 12.0 Å². The molecule has 1 unspecified atom stereocenters. The third-order valence-corrected chi connectivity index (χ3v) is 10.4. The summed E-state index contributed by atoms with van der Waals surface area (Å²) in [4.78, 5) is 11.1. The van der Waals surface area contributed by atoms with Crippen molar-refractivity contribution in [3.8, 4) is 0 Å². The number of halogens is 2. The molecule has 0 aromatic carbocycles. The van der Waals surface area contributed by atoms with Crippen LogP contribution in [0, 0.1) is 51.2 Å². The number of allylic oxidation sites excluding steroid dienone is 1. The van der Waals surface area contributed by atoms with Crippen LogP contribution < -0.4 is 0 Å². The topological polar surface area (TPSA) is 29.4 Å². The van der Waals surface area contributed by atoms with E-state index in [2.05, 4.69) is 39.8 Å². The van der Waals surface area contributed by atoms with Gasteiger partial charge >= 0.3 is 0 Å². The number of nitrogens with zero attached hydrogens (tertiary/aromatic N) is 1. The van der Waals surface area contributed by atoms with E-state index in [1.807, 2.05) is 0 Å². The lowest BCUT2D eigenvalue weighted by Crippen LogP contribution is -2.54. The van der Waals surface area contributed by atoms with Gasteiger partial charge in [-0.1, -0.05) is 70.7 Å². The van der Waals surface area contributed by atoms with Gasteiger partial charge in [-0.3, -0.25) is 0 Å². The lowest BCUT2D eigenvalue weighted by molar-refractivity contribution is -0.111. The van der Waals surface area contributed by atoms with Crippen LogP contribution in [0.3, 0.4) is 0 Å². The van der Waals surface area contributed by atoms with Crippen molar-refractivity contribution in [3.63, 3.8) is 0 Å². The molecule has 4 rings (SSSR count). The van der Waals surface area contributed by atoms with E-state index in [1.54, 1.807) is 6.08 Å². The van der Waals surface area contributed by atoms with E-state index in [1.165, 1.54) is 38.5 Å². The summed E-state index contributed by atoms with van der Waals surface area (Å²) in [6.07, 6.45) is 12.2. The van der Waals surface area contributed by atoms with Gasteiger partial charge in [0.15, 0.2) is 6.04 Å². The monoisotopic (exact) mass is 435 g/mol. The molecule has 8 atom stereocenters. The van der Waals surface area contributed by atoms with Gasteiger partial charge in [0.25, 0.3) is 5.92 Å². The molecule has 0 radical (unpaired) electrons. The summed E-state index contributed by atoms with van der Waals surface area (Å²) in [6, 6.07) is -1.47. The SMILES string of the molecule is CC(C)CCC[C@@H](C)[C@H]1CC[C@H]2[C@@H]3CCC4=CC(N=O)C(F)(F)C[C@]4(C)[C@H]3CC[C@]12C. The maximum atomic E-state index is 14.8. The number of alkyl halides is 2. The zero-order valence-electron chi connectivity index (χ0n) is 20.3. The van der Waals surface area contributed by atoms with Gasteiger partial charge in [0.05, 0.1) is 0 Å². The number of hydrogen-bond donors (Lipinski definition) is 0. The van der Waals surface area contributed by atoms with Crippen LogP contribution >= 0.6 is 0 Å². The summed E-state index contributed by atoms with van der Waals surface area (Å²) in [5.41, 5.74) is 1.01. The third-order valence-electron chi connectivity index (χ3n) is 10.4. The molecule has 4 heteroatoms. The van der Waals surface area contributed by atoms with Gasteiger partial charge in [0.1, 0.15) is 0 Å². The molecular weight excluding hydrogens is 392 g/mol. The van der Waals surface area contributed by atoms with E-state index in [0.29, 0.717) is 23.2 Å². The average Bonchev–Trinajstić information content (AvgIpc) is 3.03. The van der Waals surface area contributed by atoms with Crippen LogP contribution in [0.5, 0.6) is 0 Å². The van der Waals surface area contributed by atoms with E-state index in [4.69, 9.17) is 0 Å². The van der Waals surface area contributed by atoms with Crippen molar-refractivity contribution in [2.75, 3.05) is 0 Å². The molecule has 31 heavy (non-hydrogen) atoms. The number of rotatable bonds is 6. The molecule has 0 N–H and O–H groups in total. The van der Waals surface area contributed by atoms with Gasteiger partial charge in [-0.05, 0) is 84.9 Å². The molecule has 0 amide bonds. The lowest BCUT2D eigenvalue weighted by atomic mass is 9.46. The Bertz CT molecular complexity index is 718. The molecule has 0 spiro atoms. The number of fused-ring (bicyclic) bond motifs is 5. The number of hydrogen-bond acceptors (Lipinski definition) is 2. The largest absolute Gasteiger partial charge is 0.277 e. The van der Waals surface area contributed by atoms with E-state index < -0.39 is 17.4 Å².